The molecule has 5 aromatic rings. The van der Waals surface area contributed by atoms with Crippen LogP contribution in [0.1, 0.15) is 54.4 Å². The van der Waals surface area contributed by atoms with Crippen LogP contribution < -0.4 is 30.2 Å². The Bertz CT molecular complexity index is 1830. The van der Waals surface area contributed by atoms with Crippen molar-refractivity contribution in [3.05, 3.63) is 137 Å². The molecular formula is C44H53N3O4SSi. The summed E-state index contributed by atoms with van der Waals surface area (Å²) in [7, 11) is -2.72. The Morgan fingerprint density at radius 1 is 0.868 bits per heavy atom. The maximum absolute atomic E-state index is 12.8. The van der Waals surface area contributed by atoms with Gasteiger partial charge in [-0.15, -0.1) is 11.3 Å². The average Bonchev–Trinajstić information content (AvgIpc) is 3.61. The van der Waals surface area contributed by atoms with Gasteiger partial charge in [0.15, 0.2) is 0 Å². The first-order valence-electron chi connectivity index (χ1n) is 18.7. The molecule has 0 unspecified atom stereocenters. The molecule has 9 heteroatoms. The number of nitrogens with one attached hydrogen (secondary N) is 2. The van der Waals surface area contributed by atoms with Gasteiger partial charge >= 0.3 is 8.32 Å². The van der Waals surface area contributed by atoms with Crippen LogP contribution in [0.5, 0.6) is 11.5 Å². The number of thiophene rings is 1. The number of benzene rings is 4. The minimum atomic E-state index is -2.72. The normalized spacial score (nSPS) is 14.5. The van der Waals surface area contributed by atoms with Gasteiger partial charge in [0.05, 0.1) is 4.88 Å². The van der Waals surface area contributed by atoms with Gasteiger partial charge in [0.2, 0.25) is 0 Å². The van der Waals surface area contributed by atoms with Gasteiger partial charge in [-0.1, -0.05) is 93.6 Å². The SMILES string of the molecule is Cc1ccsc1C(=O)N1CCC(Nc2ccc(CCNC[C@H](O)COc3ccc(O[Si](c4ccccc4)(c4ccccc4)C(C)(C)C)cc3)cc2)CC1. The molecule has 278 valence electrons. The molecule has 4 aromatic carbocycles. The molecule has 1 saturated heterocycles. The summed E-state index contributed by atoms with van der Waals surface area (Å²) in [6, 6.07) is 40.0. The monoisotopic (exact) mass is 747 g/mol. The number of likely N-dealkylation sites (tertiary alicyclic amines) is 1. The Balaban J connectivity index is 0.920. The van der Waals surface area contributed by atoms with Crippen molar-refractivity contribution in [1.82, 2.24) is 10.2 Å². The molecule has 1 aromatic heterocycles. The topological polar surface area (TPSA) is 83.1 Å². The zero-order valence-corrected chi connectivity index (χ0v) is 33.2. The highest BCUT2D eigenvalue weighted by atomic mass is 32.1. The number of amides is 1. The third-order valence-electron chi connectivity index (χ3n) is 10.1. The second-order valence-electron chi connectivity index (χ2n) is 15.0. The van der Waals surface area contributed by atoms with E-state index in [-0.39, 0.29) is 17.6 Å². The lowest BCUT2D eigenvalue weighted by atomic mass is 10.0. The van der Waals surface area contributed by atoms with Crippen LogP contribution in [0, 0.1) is 6.92 Å². The van der Waals surface area contributed by atoms with E-state index in [1.165, 1.54) is 27.3 Å². The molecule has 1 fully saturated rings. The maximum Gasteiger partial charge on any atom is 0.319 e. The van der Waals surface area contributed by atoms with Gasteiger partial charge in [-0.3, -0.25) is 4.79 Å². The highest BCUT2D eigenvalue weighted by Crippen LogP contribution is 2.38. The van der Waals surface area contributed by atoms with Crippen molar-refractivity contribution in [2.75, 3.05) is 38.1 Å². The fraction of sp³-hybridized carbons (Fsp3) is 0.341. The molecule has 0 spiro atoms. The van der Waals surface area contributed by atoms with Crippen molar-refractivity contribution in [3.63, 3.8) is 0 Å². The van der Waals surface area contributed by atoms with Gasteiger partial charge in [-0.2, -0.15) is 0 Å². The Kier molecular flexibility index (Phi) is 12.7. The first-order chi connectivity index (χ1) is 25.6. The zero-order chi connectivity index (χ0) is 37.3. The smallest absolute Gasteiger partial charge is 0.319 e. The molecule has 0 bridgehead atoms. The largest absolute Gasteiger partial charge is 0.534 e. The van der Waals surface area contributed by atoms with Crippen molar-refractivity contribution < 1.29 is 19.1 Å². The van der Waals surface area contributed by atoms with Crippen LogP contribution in [0.3, 0.4) is 0 Å². The summed E-state index contributed by atoms with van der Waals surface area (Å²) in [4.78, 5) is 15.7. The van der Waals surface area contributed by atoms with Crippen molar-refractivity contribution in [2.45, 2.75) is 64.1 Å². The number of anilines is 1. The lowest BCUT2D eigenvalue weighted by molar-refractivity contribution is 0.0722. The zero-order valence-electron chi connectivity index (χ0n) is 31.4. The van der Waals surface area contributed by atoms with Crippen LogP contribution in [0.25, 0.3) is 0 Å². The summed E-state index contributed by atoms with van der Waals surface area (Å²) < 4.78 is 13.1. The summed E-state index contributed by atoms with van der Waals surface area (Å²) in [5.41, 5.74) is 3.41. The minimum absolute atomic E-state index is 0.130. The molecule has 3 N–H and O–H groups in total. The predicted octanol–water partition coefficient (Wildman–Crippen LogP) is 7.28. The number of hydrogen-bond acceptors (Lipinski definition) is 7. The fourth-order valence-electron chi connectivity index (χ4n) is 7.15. The number of aliphatic hydroxyl groups is 1. The van der Waals surface area contributed by atoms with Crippen LogP contribution in [0.2, 0.25) is 5.04 Å². The third-order valence-corrected chi connectivity index (χ3v) is 16.0. The molecule has 1 amide bonds. The van der Waals surface area contributed by atoms with Crippen LogP contribution in [0.4, 0.5) is 5.69 Å². The quantitative estimate of drug-likeness (QED) is 0.0772. The molecule has 2 heterocycles. The first kappa shape index (κ1) is 38.3. The number of ether oxygens (including phenoxy) is 1. The van der Waals surface area contributed by atoms with Gasteiger partial charge in [0.25, 0.3) is 5.91 Å². The highest BCUT2D eigenvalue weighted by Gasteiger charge is 2.52. The lowest BCUT2D eigenvalue weighted by Crippen LogP contribution is -2.68. The van der Waals surface area contributed by atoms with Crippen molar-refractivity contribution >= 4 is 41.6 Å². The maximum atomic E-state index is 12.8. The van der Waals surface area contributed by atoms with E-state index >= 15 is 0 Å². The fourth-order valence-corrected chi connectivity index (χ4v) is 12.5. The molecule has 53 heavy (non-hydrogen) atoms. The van der Waals surface area contributed by atoms with Crippen molar-refractivity contribution in [2.24, 2.45) is 0 Å². The Labute approximate surface area is 320 Å². The molecule has 7 nitrogen and oxygen atoms in total. The number of carbonyl (C=O) groups is 1. The molecule has 1 aliphatic rings. The molecule has 0 radical (unpaired) electrons. The summed E-state index contributed by atoms with van der Waals surface area (Å²) in [6.07, 6.45) is 2.11. The summed E-state index contributed by atoms with van der Waals surface area (Å²) in [6.45, 7) is 11.8. The standard InChI is InChI=1S/C44H53N3O4SSi/c1-33-26-30-52-42(33)43(49)47-28-24-36(25-29-47)46-35-17-15-34(16-18-35)23-27-45-31-37(48)32-50-38-19-21-39(22-20-38)51-53(44(2,3)4,40-11-7-5-8-12-40)41-13-9-6-10-14-41/h5-22,26,30,36-37,45-46,48H,23-25,27-29,31-32H2,1-4H3/t37-/m0/s1. The number of aliphatic hydroxyl groups excluding tert-OH is 1. The van der Waals surface area contributed by atoms with E-state index in [2.05, 4.69) is 116 Å². The Hall–Kier alpha value is -4.41. The predicted molar refractivity (Wildman–Crippen MR) is 221 cm³/mol. The van der Waals surface area contributed by atoms with E-state index < -0.39 is 14.4 Å². The second kappa shape index (κ2) is 17.6. The van der Waals surface area contributed by atoms with Gasteiger partial charge in [0.1, 0.15) is 24.2 Å². The van der Waals surface area contributed by atoms with Gasteiger partial charge < -0.3 is 29.8 Å². The van der Waals surface area contributed by atoms with Crippen molar-refractivity contribution in [3.8, 4) is 11.5 Å². The van der Waals surface area contributed by atoms with E-state index in [0.29, 0.717) is 18.3 Å². The van der Waals surface area contributed by atoms with E-state index in [0.717, 1.165) is 60.8 Å². The molecule has 1 aliphatic heterocycles. The summed E-state index contributed by atoms with van der Waals surface area (Å²) >= 11 is 1.53. The first-order valence-corrected chi connectivity index (χ1v) is 21.5. The molecule has 0 aliphatic carbocycles. The van der Waals surface area contributed by atoms with Gasteiger partial charge in [0, 0.05) is 31.4 Å². The minimum Gasteiger partial charge on any atom is -0.534 e. The molecular weight excluding hydrogens is 695 g/mol. The number of rotatable bonds is 15. The van der Waals surface area contributed by atoms with E-state index in [1.807, 2.05) is 47.5 Å². The number of piperidine rings is 1. The number of aryl methyl sites for hydroxylation is 1. The van der Waals surface area contributed by atoms with Crippen LogP contribution in [0.15, 0.2) is 121 Å². The average molecular weight is 748 g/mol. The van der Waals surface area contributed by atoms with Gasteiger partial charge in [-0.25, -0.2) is 0 Å². The Morgan fingerprint density at radius 2 is 1.47 bits per heavy atom. The summed E-state index contributed by atoms with van der Waals surface area (Å²) in [5.74, 6) is 1.66. The molecule has 0 saturated carbocycles. The number of carbonyl (C=O) groups excluding carboxylic acids is 1. The number of nitrogens with zero attached hydrogens (tertiary/aromatic N) is 1. The van der Waals surface area contributed by atoms with Crippen molar-refractivity contribution in [1.29, 1.82) is 0 Å². The third kappa shape index (κ3) is 9.58. The lowest BCUT2D eigenvalue weighted by Gasteiger charge is -2.43. The Morgan fingerprint density at radius 3 is 2.04 bits per heavy atom. The van der Waals surface area contributed by atoms with Crippen LogP contribution in [-0.4, -0.2) is 69.2 Å². The van der Waals surface area contributed by atoms with E-state index in [9.17, 15) is 9.90 Å². The molecule has 1 atom stereocenters. The second-order valence-corrected chi connectivity index (χ2v) is 20.1. The van der Waals surface area contributed by atoms with Crippen LogP contribution >= 0.6 is 11.3 Å². The number of hydrogen-bond donors (Lipinski definition) is 3. The van der Waals surface area contributed by atoms with Crippen LogP contribution in [-0.2, 0) is 6.42 Å². The van der Waals surface area contributed by atoms with E-state index in [1.54, 1.807) is 0 Å². The summed E-state index contributed by atoms with van der Waals surface area (Å²) in [5, 5.41) is 22.0. The van der Waals surface area contributed by atoms with E-state index in [4.69, 9.17) is 9.16 Å². The highest BCUT2D eigenvalue weighted by molar-refractivity contribution is 7.12. The van der Waals surface area contributed by atoms with Gasteiger partial charge in [-0.05, 0) is 107 Å². The molecule has 6 rings (SSSR count).